The second-order valence-corrected chi connectivity index (χ2v) is 5.91. The third-order valence-electron chi connectivity index (χ3n) is 3.88. The second kappa shape index (κ2) is 5.80. The van der Waals surface area contributed by atoms with Crippen molar-refractivity contribution in [2.45, 2.75) is 30.1 Å². The van der Waals surface area contributed by atoms with Crippen LogP contribution < -0.4 is 0 Å². The van der Waals surface area contributed by atoms with Crippen LogP contribution in [0.4, 0.5) is 0 Å². The molecule has 0 fully saturated rings. The van der Waals surface area contributed by atoms with E-state index in [1.165, 1.54) is 5.56 Å². The van der Waals surface area contributed by atoms with E-state index in [4.69, 9.17) is 0 Å². The highest BCUT2D eigenvalue weighted by molar-refractivity contribution is 7.98. The molecule has 0 spiro atoms. The molecule has 2 aromatic rings. The van der Waals surface area contributed by atoms with Crippen molar-refractivity contribution in [3.05, 3.63) is 59.4 Å². The molecule has 102 valence electrons. The van der Waals surface area contributed by atoms with Gasteiger partial charge in [-0.1, -0.05) is 24.3 Å². The Hall–Kier alpha value is -1.61. The molecule has 20 heavy (non-hydrogen) atoms. The summed E-state index contributed by atoms with van der Waals surface area (Å²) in [6, 6.07) is 11.9. The Morgan fingerprint density at radius 1 is 1.25 bits per heavy atom. The fraction of sp³-hybridized carbons (Fsp3) is 0.294. The molecule has 0 aliphatic heterocycles. The van der Waals surface area contributed by atoms with Crippen molar-refractivity contribution in [2.75, 3.05) is 6.26 Å². The highest BCUT2D eigenvalue weighted by atomic mass is 32.2. The van der Waals surface area contributed by atoms with E-state index in [9.17, 15) is 4.79 Å². The fourth-order valence-electron chi connectivity index (χ4n) is 2.90. The lowest BCUT2D eigenvalue weighted by Crippen LogP contribution is -2.20. The van der Waals surface area contributed by atoms with E-state index in [0.717, 1.165) is 35.4 Å². The molecule has 1 atom stereocenters. The zero-order chi connectivity index (χ0) is 13.9. The lowest BCUT2D eigenvalue weighted by molar-refractivity contribution is 0.0946. The number of pyridine rings is 1. The summed E-state index contributed by atoms with van der Waals surface area (Å²) in [5, 5.41) is 0. The zero-order valence-corrected chi connectivity index (χ0v) is 12.3. The van der Waals surface area contributed by atoms with Crippen molar-refractivity contribution in [3.63, 3.8) is 0 Å². The number of carbonyl (C=O) groups is 1. The predicted molar refractivity (Wildman–Crippen MR) is 82.5 cm³/mol. The van der Waals surface area contributed by atoms with E-state index in [0.29, 0.717) is 0 Å². The first-order chi connectivity index (χ1) is 9.81. The van der Waals surface area contributed by atoms with Crippen LogP contribution in [0.25, 0.3) is 0 Å². The quantitative estimate of drug-likeness (QED) is 0.627. The molecule has 1 heterocycles. The SMILES string of the molecule is CSc1ccccc1C(=O)C1CCCc2cccnc21. The van der Waals surface area contributed by atoms with Gasteiger partial charge in [-0.2, -0.15) is 0 Å². The Bertz CT molecular complexity index is 638. The fourth-order valence-corrected chi connectivity index (χ4v) is 3.50. The first-order valence-corrected chi connectivity index (χ1v) is 8.14. The van der Waals surface area contributed by atoms with Gasteiger partial charge in [0.2, 0.25) is 0 Å². The van der Waals surface area contributed by atoms with Gasteiger partial charge in [0.15, 0.2) is 5.78 Å². The largest absolute Gasteiger partial charge is 0.293 e. The average Bonchev–Trinajstić information content (AvgIpc) is 2.53. The van der Waals surface area contributed by atoms with Crippen molar-refractivity contribution in [1.82, 2.24) is 4.98 Å². The number of aryl methyl sites for hydroxylation is 1. The Morgan fingerprint density at radius 3 is 2.95 bits per heavy atom. The number of hydrogen-bond donors (Lipinski definition) is 0. The summed E-state index contributed by atoms with van der Waals surface area (Å²) in [6.07, 6.45) is 6.82. The van der Waals surface area contributed by atoms with Crippen LogP contribution in [0.3, 0.4) is 0 Å². The minimum absolute atomic E-state index is 0.0757. The molecule has 0 amide bonds. The van der Waals surface area contributed by atoms with E-state index in [2.05, 4.69) is 11.1 Å². The monoisotopic (exact) mass is 283 g/mol. The first-order valence-electron chi connectivity index (χ1n) is 6.92. The van der Waals surface area contributed by atoms with Crippen LogP contribution >= 0.6 is 11.8 Å². The molecular weight excluding hydrogens is 266 g/mol. The van der Waals surface area contributed by atoms with E-state index < -0.39 is 0 Å². The molecule has 1 unspecified atom stereocenters. The summed E-state index contributed by atoms with van der Waals surface area (Å²) in [7, 11) is 0. The van der Waals surface area contributed by atoms with Crippen LogP contribution in [0.5, 0.6) is 0 Å². The van der Waals surface area contributed by atoms with Gasteiger partial charge in [0.25, 0.3) is 0 Å². The number of ketones is 1. The van der Waals surface area contributed by atoms with Crippen LogP contribution in [-0.2, 0) is 6.42 Å². The number of thioether (sulfide) groups is 1. The molecule has 1 aromatic carbocycles. The molecule has 1 aliphatic carbocycles. The number of hydrogen-bond acceptors (Lipinski definition) is 3. The molecule has 0 radical (unpaired) electrons. The Kier molecular flexibility index (Phi) is 3.88. The highest BCUT2D eigenvalue weighted by Gasteiger charge is 2.29. The predicted octanol–water partition coefficient (Wildman–Crippen LogP) is 4.11. The van der Waals surface area contributed by atoms with Gasteiger partial charge >= 0.3 is 0 Å². The number of aromatic nitrogens is 1. The average molecular weight is 283 g/mol. The lowest BCUT2D eigenvalue weighted by atomic mass is 9.82. The molecular formula is C17H17NOS. The van der Waals surface area contributed by atoms with Gasteiger partial charge < -0.3 is 0 Å². The number of fused-ring (bicyclic) bond motifs is 1. The minimum Gasteiger partial charge on any atom is -0.293 e. The molecule has 0 saturated carbocycles. The van der Waals surface area contributed by atoms with Gasteiger partial charge in [0.1, 0.15) is 0 Å². The van der Waals surface area contributed by atoms with Gasteiger partial charge in [0, 0.05) is 16.7 Å². The smallest absolute Gasteiger partial charge is 0.173 e. The Morgan fingerprint density at radius 2 is 2.10 bits per heavy atom. The van der Waals surface area contributed by atoms with Crippen molar-refractivity contribution < 1.29 is 4.79 Å². The van der Waals surface area contributed by atoms with Crippen LogP contribution in [-0.4, -0.2) is 17.0 Å². The maximum Gasteiger partial charge on any atom is 0.173 e. The summed E-state index contributed by atoms with van der Waals surface area (Å²) < 4.78 is 0. The maximum absolute atomic E-state index is 12.9. The van der Waals surface area contributed by atoms with Gasteiger partial charge in [-0.05, 0) is 43.2 Å². The van der Waals surface area contributed by atoms with Crippen LogP contribution in [0.1, 0.15) is 40.4 Å². The molecule has 0 bridgehead atoms. The molecule has 1 aliphatic rings. The van der Waals surface area contributed by atoms with Crippen molar-refractivity contribution in [2.24, 2.45) is 0 Å². The maximum atomic E-state index is 12.9. The zero-order valence-electron chi connectivity index (χ0n) is 11.5. The molecule has 0 N–H and O–H groups in total. The second-order valence-electron chi connectivity index (χ2n) is 5.06. The summed E-state index contributed by atoms with van der Waals surface area (Å²) in [6.45, 7) is 0. The molecule has 3 heteroatoms. The van der Waals surface area contributed by atoms with Gasteiger partial charge in [-0.3, -0.25) is 9.78 Å². The van der Waals surface area contributed by atoms with E-state index in [-0.39, 0.29) is 11.7 Å². The summed E-state index contributed by atoms with van der Waals surface area (Å²) in [5.41, 5.74) is 3.06. The topological polar surface area (TPSA) is 30.0 Å². The summed E-state index contributed by atoms with van der Waals surface area (Å²) in [4.78, 5) is 18.4. The van der Waals surface area contributed by atoms with Crippen molar-refractivity contribution >= 4 is 17.5 Å². The third kappa shape index (κ3) is 2.38. The normalized spacial score (nSPS) is 17.6. The van der Waals surface area contributed by atoms with Gasteiger partial charge in [-0.15, -0.1) is 11.8 Å². The first kappa shape index (κ1) is 13.4. The Balaban J connectivity index is 2.00. The van der Waals surface area contributed by atoms with Gasteiger partial charge in [0.05, 0.1) is 11.6 Å². The van der Waals surface area contributed by atoms with Gasteiger partial charge in [-0.25, -0.2) is 0 Å². The third-order valence-corrected chi connectivity index (χ3v) is 4.68. The molecule has 1 aromatic heterocycles. The number of carbonyl (C=O) groups excluding carboxylic acids is 1. The standard InChI is InChI=1S/C17H17NOS/c1-20-15-10-3-2-8-13(15)17(19)14-9-4-6-12-7-5-11-18-16(12)14/h2-3,5,7-8,10-11,14H,4,6,9H2,1H3. The highest BCUT2D eigenvalue weighted by Crippen LogP contribution is 2.34. The number of rotatable bonds is 3. The molecule has 2 nitrogen and oxygen atoms in total. The number of Topliss-reactive ketones (excluding diaryl/α,β-unsaturated/α-hetero) is 1. The van der Waals surface area contributed by atoms with Crippen molar-refractivity contribution in [1.29, 1.82) is 0 Å². The van der Waals surface area contributed by atoms with E-state index in [1.54, 1.807) is 18.0 Å². The lowest BCUT2D eigenvalue weighted by Gasteiger charge is -2.23. The summed E-state index contributed by atoms with van der Waals surface area (Å²) >= 11 is 1.63. The number of benzene rings is 1. The molecule has 3 rings (SSSR count). The van der Waals surface area contributed by atoms with E-state index in [1.807, 2.05) is 36.6 Å². The Labute approximate surface area is 123 Å². The van der Waals surface area contributed by atoms with Crippen LogP contribution in [0.2, 0.25) is 0 Å². The van der Waals surface area contributed by atoms with Crippen LogP contribution in [0, 0.1) is 0 Å². The van der Waals surface area contributed by atoms with Crippen molar-refractivity contribution in [3.8, 4) is 0 Å². The van der Waals surface area contributed by atoms with Crippen LogP contribution in [0.15, 0.2) is 47.5 Å². The molecule has 0 saturated heterocycles. The summed E-state index contributed by atoms with van der Waals surface area (Å²) in [5.74, 6) is 0.142. The minimum atomic E-state index is -0.0757. The van der Waals surface area contributed by atoms with E-state index >= 15 is 0 Å². The number of nitrogens with zero attached hydrogens (tertiary/aromatic N) is 1.